The molecule has 0 aliphatic heterocycles. The first-order valence-electron chi connectivity index (χ1n) is 4.87. The summed E-state index contributed by atoms with van der Waals surface area (Å²) in [5.41, 5.74) is 1.53. The number of pyridine rings is 1. The van der Waals surface area contributed by atoms with Crippen LogP contribution in [0.25, 0.3) is 0 Å². The van der Waals surface area contributed by atoms with Gasteiger partial charge in [0.2, 0.25) is 0 Å². The van der Waals surface area contributed by atoms with Gasteiger partial charge in [0.1, 0.15) is 5.69 Å². The lowest BCUT2D eigenvalue weighted by molar-refractivity contribution is 0.181. The van der Waals surface area contributed by atoms with Gasteiger partial charge in [-0.15, -0.1) is 5.10 Å². The van der Waals surface area contributed by atoms with Crippen molar-refractivity contribution >= 4 is 27.5 Å². The number of rotatable bonds is 4. The Morgan fingerprint density at radius 1 is 1.53 bits per heavy atom. The molecule has 0 aliphatic carbocycles. The zero-order chi connectivity index (χ0) is 12.3. The molecular formula is C10H10BrClN4O. The first-order valence-corrected chi connectivity index (χ1v) is 6.04. The van der Waals surface area contributed by atoms with Crippen LogP contribution in [0.15, 0.2) is 22.9 Å². The Kier molecular flexibility index (Phi) is 4.09. The Balaban J connectivity index is 2.13. The van der Waals surface area contributed by atoms with Gasteiger partial charge in [0.25, 0.3) is 0 Å². The van der Waals surface area contributed by atoms with E-state index in [1.165, 1.54) is 0 Å². The van der Waals surface area contributed by atoms with E-state index >= 15 is 0 Å². The average molecular weight is 318 g/mol. The molecule has 2 heterocycles. The molecule has 7 heteroatoms. The lowest BCUT2D eigenvalue weighted by atomic mass is 10.3. The lowest BCUT2D eigenvalue weighted by Gasteiger charge is -2.02. The summed E-state index contributed by atoms with van der Waals surface area (Å²) < 4.78 is 7.50. The second-order valence-corrected chi connectivity index (χ2v) is 4.75. The van der Waals surface area contributed by atoms with Crippen LogP contribution in [0.3, 0.4) is 0 Å². The Morgan fingerprint density at radius 3 is 3.06 bits per heavy atom. The number of halogens is 2. The molecule has 0 radical (unpaired) electrons. The van der Waals surface area contributed by atoms with Gasteiger partial charge in [0, 0.05) is 17.8 Å². The van der Waals surface area contributed by atoms with Crippen molar-refractivity contribution in [2.45, 2.75) is 13.2 Å². The van der Waals surface area contributed by atoms with Gasteiger partial charge in [-0.2, -0.15) is 0 Å². The maximum absolute atomic E-state index is 6.07. The molecule has 2 rings (SSSR count). The monoisotopic (exact) mass is 316 g/mol. The molecule has 0 N–H and O–H groups in total. The number of methoxy groups -OCH3 is 1. The summed E-state index contributed by atoms with van der Waals surface area (Å²) >= 11 is 9.38. The highest BCUT2D eigenvalue weighted by molar-refractivity contribution is 9.10. The first-order chi connectivity index (χ1) is 8.19. The summed E-state index contributed by atoms with van der Waals surface area (Å²) in [5, 5.41) is 8.53. The lowest BCUT2D eigenvalue weighted by Crippen LogP contribution is -2.03. The summed E-state index contributed by atoms with van der Waals surface area (Å²) in [6.07, 6.45) is 3.51. The van der Waals surface area contributed by atoms with Crippen LogP contribution in [0, 0.1) is 0 Å². The van der Waals surface area contributed by atoms with Crippen LogP contribution < -0.4 is 0 Å². The zero-order valence-corrected chi connectivity index (χ0v) is 11.4. The van der Waals surface area contributed by atoms with E-state index in [0.29, 0.717) is 18.2 Å². The molecule has 5 nitrogen and oxygen atoms in total. The van der Waals surface area contributed by atoms with E-state index in [1.807, 2.05) is 6.20 Å². The average Bonchev–Trinajstić information content (AvgIpc) is 2.71. The van der Waals surface area contributed by atoms with Gasteiger partial charge in [0.15, 0.2) is 0 Å². The number of hydrogen-bond acceptors (Lipinski definition) is 4. The van der Waals surface area contributed by atoms with E-state index in [2.05, 4.69) is 31.2 Å². The molecule has 0 saturated carbocycles. The number of aromatic nitrogens is 4. The quantitative estimate of drug-likeness (QED) is 0.868. The highest BCUT2D eigenvalue weighted by Crippen LogP contribution is 2.19. The van der Waals surface area contributed by atoms with Crippen molar-refractivity contribution < 1.29 is 4.74 Å². The van der Waals surface area contributed by atoms with E-state index in [9.17, 15) is 0 Å². The van der Waals surface area contributed by atoms with Crippen molar-refractivity contribution in [3.8, 4) is 0 Å². The molecular weight excluding hydrogens is 307 g/mol. The van der Waals surface area contributed by atoms with Gasteiger partial charge in [-0.3, -0.25) is 4.98 Å². The fourth-order valence-electron chi connectivity index (χ4n) is 1.34. The molecule has 0 aromatic carbocycles. The molecule has 0 aliphatic rings. The molecule has 0 fully saturated rings. The minimum atomic E-state index is 0.446. The van der Waals surface area contributed by atoms with Crippen LogP contribution in [0.4, 0.5) is 0 Å². The van der Waals surface area contributed by atoms with E-state index in [4.69, 9.17) is 16.3 Å². The Bertz CT molecular complexity index is 517. The van der Waals surface area contributed by atoms with E-state index in [0.717, 1.165) is 15.9 Å². The molecule has 17 heavy (non-hydrogen) atoms. The van der Waals surface area contributed by atoms with Crippen LogP contribution in [-0.2, 0) is 17.9 Å². The third-order valence-electron chi connectivity index (χ3n) is 2.07. The molecule has 2 aromatic heterocycles. The smallest absolute Gasteiger partial charge is 0.108 e. The third-order valence-corrected chi connectivity index (χ3v) is 2.84. The summed E-state index contributed by atoms with van der Waals surface area (Å²) in [6, 6.07) is 1.80. The van der Waals surface area contributed by atoms with Crippen molar-refractivity contribution in [3.63, 3.8) is 0 Å². The normalized spacial score (nSPS) is 10.8. The van der Waals surface area contributed by atoms with Gasteiger partial charge in [0.05, 0.1) is 30.1 Å². The molecule has 0 amide bonds. The third kappa shape index (κ3) is 3.24. The van der Waals surface area contributed by atoms with Gasteiger partial charge >= 0.3 is 0 Å². The van der Waals surface area contributed by atoms with Gasteiger partial charge in [-0.25, -0.2) is 4.68 Å². The highest BCUT2D eigenvalue weighted by atomic mass is 79.9. The fraction of sp³-hybridized carbons (Fsp3) is 0.300. The highest BCUT2D eigenvalue weighted by Gasteiger charge is 2.06. The Hall–Kier alpha value is -0.980. The SMILES string of the molecule is COCc1cn(Cc2ncc(Br)cc2Cl)nn1. The van der Waals surface area contributed by atoms with Crippen molar-refractivity contribution in [1.82, 2.24) is 20.0 Å². The minimum Gasteiger partial charge on any atom is -0.378 e. The molecule has 0 bridgehead atoms. The molecule has 90 valence electrons. The number of ether oxygens (including phenoxy) is 1. The van der Waals surface area contributed by atoms with Crippen molar-refractivity contribution in [3.05, 3.63) is 39.3 Å². The fourth-order valence-corrected chi connectivity index (χ4v) is 2.03. The largest absolute Gasteiger partial charge is 0.378 e. The van der Waals surface area contributed by atoms with Crippen LogP contribution in [-0.4, -0.2) is 27.1 Å². The standard InChI is InChI=1S/C10H10BrClN4O/c1-17-6-8-4-16(15-14-8)5-10-9(12)2-7(11)3-13-10/h2-4H,5-6H2,1H3. The van der Waals surface area contributed by atoms with Crippen LogP contribution >= 0.6 is 27.5 Å². The molecule has 2 aromatic rings. The van der Waals surface area contributed by atoms with Crippen molar-refractivity contribution in [2.24, 2.45) is 0 Å². The van der Waals surface area contributed by atoms with E-state index in [1.54, 1.807) is 24.1 Å². The van der Waals surface area contributed by atoms with Gasteiger partial charge < -0.3 is 4.74 Å². The molecule has 0 spiro atoms. The summed E-state index contributed by atoms with van der Waals surface area (Å²) in [4.78, 5) is 4.23. The van der Waals surface area contributed by atoms with Gasteiger partial charge in [-0.1, -0.05) is 16.8 Å². The summed E-state index contributed by atoms with van der Waals surface area (Å²) in [6.45, 7) is 0.935. The van der Waals surface area contributed by atoms with E-state index in [-0.39, 0.29) is 0 Å². The Labute approximate surface area is 112 Å². The maximum atomic E-state index is 6.07. The molecule has 0 saturated heterocycles. The minimum absolute atomic E-state index is 0.446. The second-order valence-electron chi connectivity index (χ2n) is 3.42. The first kappa shape index (κ1) is 12.5. The molecule has 0 atom stereocenters. The number of hydrogen-bond donors (Lipinski definition) is 0. The predicted octanol–water partition coefficient (Wildman–Crippen LogP) is 2.28. The van der Waals surface area contributed by atoms with Crippen LogP contribution in [0.2, 0.25) is 5.02 Å². The Morgan fingerprint density at radius 2 is 2.35 bits per heavy atom. The van der Waals surface area contributed by atoms with E-state index < -0.39 is 0 Å². The topological polar surface area (TPSA) is 52.8 Å². The van der Waals surface area contributed by atoms with Gasteiger partial charge in [-0.05, 0) is 22.0 Å². The summed E-state index contributed by atoms with van der Waals surface area (Å²) in [7, 11) is 1.62. The zero-order valence-electron chi connectivity index (χ0n) is 9.10. The summed E-state index contributed by atoms with van der Waals surface area (Å²) in [5.74, 6) is 0. The van der Waals surface area contributed by atoms with Crippen molar-refractivity contribution in [1.29, 1.82) is 0 Å². The van der Waals surface area contributed by atoms with Crippen LogP contribution in [0.1, 0.15) is 11.4 Å². The maximum Gasteiger partial charge on any atom is 0.108 e. The molecule has 0 unspecified atom stereocenters. The second kappa shape index (κ2) is 5.57. The van der Waals surface area contributed by atoms with Crippen LogP contribution in [0.5, 0.6) is 0 Å². The predicted molar refractivity (Wildman–Crippen MR) is 66.8 cm³/mol. The van der Waals surface area contributed by atoms with Crippen molar-refractivity contribution in [2.75, 3.05) is 7.11 Å². The number of nitrogens with zero attached hydrogens (tertiary/aromatic N) is 4.